The molecule has 3 aliphatic carbocycles. The van der Waals surface area contributed by atoms with Crippen LogP contribution in [0.5, 0.6) is 0 Å². The summed E-state index contributed by atoms with van der Waals surface area (Å²) in [5.41, 5.74) is 11.1. The molecule has 2 bridgehead atoms. The van der Waals surface area contributed by atoms with E-state index in [4.69, 9.17) is 11.6 Å². The van der Waals surface area contributed by atoms with Gasteiger partial charge >= 0.3 is 0 Å². The maximum absolute atomic E-state index is 15.3. The van der Waals surface area contributed by atoms with Gasteiger partial charge in [0.05, 0.1) is 24.0 Å². The molecule has 3 aliphatic heterocycles. The highest BCUT2D eigenvalue weighted by Crippen LogP contribution is 2.57. The molecule has 6 rings (SSSR count). The van der Waals surface area contributed by atoms with E-state index < -0.39 is 0 Å². The zero-order valence-electron chi connectivity index (χ0n) is 25.5. The predicted molar refractivity (Wildman–Crippen MR) is 166 cm³/mol. The molecule has 5 heteroatoms. The fourth-order valence-electron chi connectivity index (χ4n) is 7.92. The molecule has 0 aromatic carbocycles. The van der Waals surface area contributed by atoms with Crippen LogP contribution in [-0.4, -0.2) is 40.9 Å². The summed E-state index contributed by atoms with van der Waals surface area (Å²) in [5, 5.41) is 0. The fourth-order valence-corrected chi connectivity index (χ4v) is 7.92. The van der Waals surface area contributed by atoms with Crippen molar-refractivity contribution in [2.24, 2.45) is 16.3 Å². The second kappa shape index (κ2) is 10.7. The first-order valence-electron chi connectivity index (χ1n) is 15.9. The highest BCUT2D eigenvalue weighted by Gasteiger charge is 2.48. The Morgan fingerprint density at radius 3 is 2.68 bits per heavy atom. The molecule has 2 fully saturated rings. The van der Waals surface area contributed by atoms with Crippen molar-refractivity contribution in [1.29, 1.82) is 0 Å². The summed E-state index contributed by atoms with van der Waals surface area (Å²) in [6.45, 7) is 16.3. The number of likely N-dealkylation sites (N-methyl/N-ethyl adjacent to an activating group) is 1. The molecule has 1 saturated heterocycles. The first-order valence-corrected chi connectivity index (χ1v) is 15.9. The van der Waals surface area contributed by atoms with Gasteiger partial charge < -0.3 is 9.80 Å². The van der Waals surface area contributed by atoms with E-state index in [0.717, 1.165) is 72.6 Å². The number of dihydropyridines is 1. The lowest BCUT2D eigenvalue weighted by Gasteiger charge is -2.39. The van der Waals surface area contributed by atoms with Crippen LogP contribution in [0.4, 0.5) is 4.39 Å². The SMILES string of the molecule is C=C1C2=C(C=C3C4=N/C5=C/C(F)=C(/C)CCCC(N(C)C(=C)C6(CCCC)CC6)C(=C4CN13)C5)C(CC)C(=O)CC2. The predicted octanol–water partition coefficient (Wildman–Crippen LogP) is 8.64. The minimum Gasteiger partial charge on any atom is -0.371 e. The maximum Gasteiger partial charge on any atom is 0.140 e. The van der Waals surface area contributed by atoms with Crippen molar-refractivity contribution in [3.63, 3.8) is 0 Å². The van der Waals surface area contributed by atoms with Crippen molar-refractivity contribution < 1.29 is 9.18 Å². The Morgan fingerprint density at radius 2 is 1.98 bits per heavy atom. The molecule has 2 atom stereocenters. The number of carbonyl (C=O) groups is 1. The van der Waals surface area contributed by atoms with Gasteiger partial charge in [0.1, 0.15) is 11.6 Å². The zero-order chi connectivity index (χ0) is 29.1. The van der Waals surface area contributed by atoms with Crippen molar-refractivity contribution >= 4 is 11.5 Å². The third-order valence-electron chi connectivity index (χ3n) is 10.8. The molecule has 0 spiro atoms. The van der Waals surface area contributed by atoms with Crippen molar-refractivity contribution in [3.8, 4) is 0 Å². The molecule has 2 unspecified atom stereocenters. The highest BCUT2D eigenvalue weighted by atomic mass is 19.1. The number of nitrogens with zero attached hydrogens (tertiary/aromatic N) is 3. The smallest absolute Gasteiger partial charge is 0.140 e. The van der Waals surface area contributed by atoms with E-state index in [-0.39, 0.29) is 23.2 Å². The summed E-state index contributed by atoms with van der Waals surface area (Å²) in [4.78, 5) is 22.8. The third kappa shape index (κ3) is 4.73. The van der Waals surface area contributed by atoms with Gasteiger partial charge in [-0.3, -0.25) is 9.79 Å². The molecule has 3 heterocycles. The van der Waals surface area contributed by atoms with Crippen molar-refractivity contribution in [2.45, 2.75) is 104 Å². The van der Waals surface area contributed by atoms with Crippen LogP contribution < -0.4 is 0 Å². The Bertz CT molecular complexity index is 1400. The van der Waals surface area contributed by atoms with Crippen LogP contribution in [-0.2, 0) is 4.79 Å². The molecule has 218 valence electrons. The number of unbranched alkanes of at least 4 members (excludes halogenated alkanes) is 1. The summed E-state index contributed by atoms with van der Waals surface area (Å²) < 4.78 is 15.3. The Balaban J connectivity index is 1.45. The standard InChI is InChI=1S/C36H46FN3O/c1-7-9-15-36(16-17-36)24(5)39(6)32-12-10-11-22(3)31(37)19-25-18-29(32)30-21-40-23(4)27-13-14-34(41)26(8-2)28(27)20-33(40)35(30)38-25/h19-20,26,32H,4-5,7-18,21H2,1-3,6H3/b25-19+,31-22+. The Morgan fingerprint density at radius 1 is 1.20 bits per heavy atom. The number of halogens is 1. The third-order valence-corrected chi connectivity index (χ3v) is 10.8. The summed E-state index contributed by atoms with van der Waals surface area (Å²) in [6, 6.07) is 0.197. The normalized spacial score (nSPS) is 30.2. The Labute approximate surface area is 245 Å². The molecule has 1 saturated carbocycles. The second-order valence-electron chi connectivity index (χ2n) is 13.2. The number of hydrogen-bond acceptors (Lipinski definition) is 4. The molecule has 0 aromatic rings. The van der Waals surface area contributed by atoms with Crippen molar-refractivity contribution in [1.82, 2.24) is 9.80 Å². The first kappa shape index (κ1) is 28.2. The van der Waals surface area contributed by atoms with E-state index in [0.29, 0.717) is 18.6 Å². The topological polar surface area (TPSA) is 35.9 Å². The average Bonchev–Trinajstić information content (AvgIpc) is 3.67. The molecule has 0 amide bonds. The summed E-state index contributed by atoms with van der Waals surface area (Å²) in [5.74, 6) is 0.100. The summed E-state index contributed by atoms with van der Waals surface area (Å²) in [7, 11) is 2.24. The molecular weight excluding hydrogens is 509 g/mol. The minimum atomic E-state index is -0.148. The van der Waals surface area contributed by atoms with Crippen LogP contribution in [0.2, 0.25) is 0 Å². The van der Waals surface area contributed by atoms with Gasteiger partial charge in [0.2, 0.25) is 0 Å². The fraction of sp³-hybridized carbons (Fsp3) is 0.556. The number of carbonyl (C=O) groups excluding carboxylic acids is 1. The van der Waals surface area contributed by atoms with E-state index in [9.17, 15) is 4.79 Å². The summed E-state index contributed by atoms with van der Waals surface area (Å²) in [6.07, 6.45) is 15.5. The van der Waals surface area contributed by atoms with Crippen LogP contribution in [0.3, 0.4) is 0 Å². The van der Waals surface area contributed by atoms with Crippen LogP contribution in [0.1, 0.15) is 97.8 Å². The lowest BCUT2D eigenvalue weighted by atomic mass is 9.77. The molecular formula is C36H46FN3O. The van der Waals surface area contributed by atoms with Gasteiger partial charge in [-0.2, -0.15) is 0 Å². The van der Waals surface area contributed by atoms with E-state index in [1.807, 2.05) is 6.92 Å². The van der Waals surface area contributed by atoms with Crippen LogP contribution in [0.15, 0.2) is 86.8 Å². The lowest BCUT2D eigenvalue weighted by molar-refractivity contribution is -0.122. The van der Waals surface area contributed by atoms with E-state index in [1.54, 1.807) is 6.08 Å². The zero-order valence-corrected chi connectivity index (χ0v) is 25.5. The molecule has 41 heavy (non-hydrogen) atoms. The van der Waals surface area contributed by atoms with Gasteiger partial charge in [0, 0.05) is 53.9 Å². The number of aliphatic imine (C=N–C) groups is 1. The lowest BCUT2D eigenvalue weighted by Crippen LogP contribution is -2.37. The van der Waals surface area contributed by atoms with Crippen LogP contribution >= 0.6 is 0 Å². The average molecular weight is 556 g/mol. The van der Waals surface area contributed by atoms with Crippen LogP contribution in [0, 0.1) is 11.3 Å². The van der Waals surface area contributed by atoms with E-state index >= 15 is 4.39 Å². The van der Waals surface area contributed by atoms with Crippen molar-refractivity contribution in [3.05, 3.63) is 81.8 Å². The van der Waals surface area contributed by atoms with Gasteiger partial charge in [-0.15, -0.1) is 0 Å². The number of allylic oxidation sites excluding steroid dienone is 9. The molecule has 0 aromatic heterocycles. The molecule has 0 N–H and O–H groups in total. The monoisotopic (exact) mass is 555 g/mol. The first-order chi connectivity index (χ1) is 19.7. The van der Waals surface area contributed by atoms with Gasteiger partial charge in [-0.1, -0.05) is 39.8 Å². The highest BCUT2D eigenvalue weighted by molar-refractivity contribution is 6.17. The second-order valence-corrected chi connectivity index (χ2v) is 13.2. The largest absolute Gasteiger partial charge is 0.371 e. The van der Waals surface area contributed by atoms with Crippen molar-refractivity contribution in [2.75, 3.05) is 13.6 Å². The Kier molecular flexibility index (Phi) is 7.36. The molecule has 4 nitrogen and oxygen atoms in total. The maximum atomic E-state index is 15.3. The number of rotatable bonds is 7. The number of hydrogen-bond donors (Lipinski definition) is 0. The number of Topliss-reactive ketones (excluding diaryl/α,β-unsaturated/α-hetero) is 1. The molecule has 6 aliphatic rings. The molecule has 0 radical (unpaired) electrons. The quantitative estimate of drug-likeness (QED) is 0.315. The van der Waals surface area contributed by atoms with E-state index in [2.05, 4.69) is 43.3 Å². The number of fused-ring (bicyclic) bond motifs is 5. The van der Waals surface area contributed by atoms with Gasteiger partial charge in [0.25, 0.3) is 0 Å². The minimum absolute atomic E-state index is 0.0782. The Hall–Kier alpha value is -2.95. The number of ketones is 1. The van der Waals surface area contributed by atoms with E-state index in [1.165, 1.54) is 54.5 Å². The van der Waals surface area contributed by atoms with Gasteiger partial charge in [0.15, 0.2) is 0 Å². The van der Waals surface area contributed by atoms with Gasteiger partial charge in [-0.25, -0.2) is 4.39 Å². The van der Waals surface area contributed by atoms with Crippen LogP contribution in [0.25, 0.3) is 0 Å². The van der Waals surface area contributed by atoms with Gasteiger partial charge in [-0.05, 0) is 92.7 Å². The summed E-state index contributed by atoms with van der Waals surface area (Å²) >= 11 is 0.